The minimum absolute atomic E-state index is 0.972. The standard InChI is InChI=1S/C9H12O.C9H12.C2H6/c1-7-5-4-6-9(10-3)8(7)2;1-7-4-5-8(2)9(3)6-7;1-2/h4-6H,1-3H3;4-6H,1-3H3;1-2H3. The van der Waals surface area contributed by atoms with Gasteiger partial charge in [-0.2, -0.15) is 0 Å². The first kappa shape index (κ1) is 19.2. The highest BCUT2D eigenvalue weighted by molar-refractivity contribution is 5.38. The first-order chi connectivity index (χ1) is 9.95. The van der Waals surface area contributed by atoms with Crippen molar-refractivity contribution in [3.8, 4) is 5.75 Å². The molecule has 0 atom stereocenters. The topological polar surface area (TPSA) is 9.23 Å². The van der Waals surface area contributed by atoms with E-state index in [0.717, 1.165) is 5.75 Å². The molecular weight excluding hydrogens is 256 g/mol. The second-order valence-electron chi connectivity index (χ2n) is 4.99. The molecule has 0 saturated heterocycles. The van der Waals surface area contributed by atoms with E-state index in [2.05, 4.69) is 58.9 Å². The minimum atomic E-state index is 0.972. The molecular formula is C20H30O. The fraction of sp³-hybridized carbons (Fsp3) is 0.400. The fourth-order valence-corrected chi connectivity index (χ4v) is 1.84. The molecule has 21 heavy (non-hydrogen) atoms. The third-order valence-corrected chi connectivity index (χ3v) is 3.44. The average molecular weight is 286 g/mol. The van der Waals surface area contributed by atoms with E-state index in [0.29, 0.717) is 0 Å². The molecule has 0 aromatic heterocycles. The number of aryl methyl sites for hydroxylation is 4. The predicted octanol–water partition coefficient (Wildman–Crippen LogP) is 5.95. The number of rotatable bonds is 1. The summed E-state index contributed by atoms with van der Waals surface area (Å²) >= 11 is 0. The van der Waals surface area contributed by atoms with Crippen LogP contribution in [0.25, 0.3) is 0 Å². The van der Waals surface area contributed by atoms with Crippen LogP contribution < -0.4 is 4.74 Å². The van der Waals surface area contributed by atoms with Gasteiger partial charge in [-0.3, -0.25) is 0 Å². The van der Waals surface area contributed by atoms with Crippen LogP contribution in [0.4, 0.5) is 0 Å². The van der Waals surface area contributed by atoms with Crippen molar-refractivity contribution >= 4 is 0 Å². The molecule has 2 aromatic rings. The van der Waals surface area contributed by atoms with Gasteiger partial charge in [0.1, 0.15) is 5.75 Å². The van der Waals surface area contributed by atoms with Crippen molar-refractivity contribution < 1.29 is 4.74 Å². The maximum atomic E-state index is 5.13. The van der Waals surface area contributed by atoms with Crippen molar-refractivity contribution in [2.75, 3.05) is 7.11 Å². The molecule has 2 rings (SSSR count). The average Bonchev–Trinajstić information content (AvgIpc) is 2.49. The molecule has 0 radical (unpaired) electrons. The van der Waals surface area contributed by atoms with E-state index in [9.17, 15) is 0 Å². The summed E-state index contributed by atoms with van der Waals surface area (Å²) in [6.45, 7) is 14.5. The van der Waals surface area contributed by atoms with Crippen molar-refractivity contribution in [3.63, 3.8) is 0 Å². The summed E-state index contributed by atoms with van der Waals surface area (Å²) in [5, 5.41) is 0. The zero-order valence-electron chi connectivity index (χ0n) is 14.9. The molecule has 0 amide bonds. The Balaban J connectivity index is 0.000000342. The minimum Gasteiger partial charge on any atom is -0.496 e. The Labute approximate surface area is 131 Å². The summed E-state index contributed by atoms with van der Waals surface area (Å²) < 4.78 is 5.13. The van der Waals surface area contributed by atoms with E-state index in [1.807, 2.05) is 26.0 Å². The van der Waals surface area contributed by atoms with Crippen LogP contribution in [-0.4, -0.2) is 7.11 Å². The molecule has 0 aliphatic heterocycles. The molecule has 2 aromatic carbocycles. The highest BCUT2D eigenvalue weighted by atomic mass is 16.5. The molecule has 0 aliphatic rings. The van der Waals surface area contributed by atoms with Crippen molar-refractivity contribution in [2.24, 2.45) is 0 Å². The lowest BCUT2D eigenvalue weighted by molar-refractivity contribution is 0.411. The molecule has 0 N–H and O–H groups in total. The van der Waals surface area contributed by atoms with Gasteiger partial charge >= 0.3 is 0 Å². The van der Waals surface area contributed by atoms with E-state index < -0.39 is 0 Å². The van der Waals surface area contributed by atoms with Crippen molar-refractivity contribution in [1.82, 2.24) is 0 Å². The summed E-state index contributed by atoms with van der Waals surface area (Å²) in [4.78, 5) is 0. The van der Waals surface area contributed by atoms with Crippen LogP contribution >= 0.6 is 0 Å². The number of hydrogen-bond donors (Lipinski definition) is 0. The summed E-state index contributed by atoms with van der Waals surface area (Å²) in [6.07, 6.45) is 0. The third kappa shape index (κ3) is 6.48. The number of methoxy groups -OCH3 is 1. The normalized spacial score (nSPS) is 8.95. The lowest BCUT2D eigenvalue weighted by Crippen LogP contribution is -1.88. The largest absolute Gasteiger partial charge is 0.496 e. The molecule has 116 valence electrons. The first-order valence-corrected chi connectivity index (χ1v) is 7.59. The van der Waals surface area contributed by atoms with Crippen molar-refractivity contribution in [2.45, 2.75) is 48.5 Å². The maximum Gasteiger partial charge on any atom is 0.122 e. The van der Waals surface area contributed by atoms with Gasteiger partial charge in [-0.25, -0.2) is 0 Å². The number of hydrogen-bond acceptors (Lipinski definition) is 1. The van der Waals surface area contributed by atoms with Crippen molar-refractivity contribution in [3.05, 3.63) is 64.2 Å². The Morgan fingerprint density at radius 1 is 0.714 bits per heavy atom. The highest BCUT2D eigenvalue weighted by Crippen LogP contribution is 2.19. The van der Waals surface area contributed by atoms with Gasteiger partial charge in [0.15, 0.2) is 0 Å². The number of ether oxygens (including phenoxy) is 1. The zero-order chi connectivity index (χ0) is 16.4. The molecule has 1 nitrogen and oxygen atoms in total. The van der Waals surface area contributed by atoms with Gasteiger partial charge in [0.25, 0.3) is 0 Å². The van der Waals surface area contributed by atoms with Gasteiger partial charge in [-0.1, -0.05) is 49.7 Å². The third-order valence-electron chi connectivity index (χ3n) is 3.44. The molecule has 0 saturated carbocycles. The lowest BCUT2D eigenvalue weighted by Gasteiger charge is -2.05. The lowest BCUT2D eigenvalue weighted by atomic mass is 10.1. The van der Waals surface area contributed by atoms with E-state index in [1.54, 1.807) is 7.11 Å². The predicted molar refractivity (Wildman–Crippen MR) is 94.5 cm³/mol. The second kappa shape index (κ2) is 10.0. The van der Waals surface area contributed by atoms with Crippen LogP contribution in [-0.2, 0) is 0 Å². The summed E-state index contributed by atoms with van der Waals surface area (Å²) in [5.41, 5.74) is 6.61. The Hall–Kier alpha value is -1.76. The quantitative estimate of drug-likeness (QED) is 0.629. The van der Waals surface area contributed by atoms with E-state index >= 15 is 0 Å². The Morgan fingerprint density at radius 3 is 1.76 bits per heavy atom. The zero-order valence-corrected chi connectivity index (χ0v) is 14.9. The smallest absolute Gasteiger partial charge is 0.122 e. The van der Waals surface area contributed by atoms with Crippen LogP contribution in [0, 0.1) is 34.6 Å². The Kier molecular flexibility index (Phi) is 9.20. The van der Waals surface area contributed by atoms with E-state index in [1.165, 1.54) is 27.8 Å². The SMILES string of the molecule is CC.COc1cccc(C)c1C.Cc1ccc(C)c(C)c1. The maximum absolute atomic E-state index is 5.13. The fourth-order valence-electron chi connectivity index (χ4n) is 1.84. The highest BCUT2D eigenvalue weighted by Gasteiger charge is 1.97. The van der Waals surface area contributed by atoms with Gasteiger partial charge in [-0.05, 0) is 62.9 Å². The van der Waals surface area contributed by atoms with Gasteiger partial charge < -0.3 is 4.74 Å². The molecule has 0 heterocycles. The summed E-state index contributed by atoms with van der Waals surface area (Å²) in [5.74, 6) is 0.972. The van der Waals surface area contributed by atoms with Crippen LogP contribution in [0.5, 0.6) is 5.75 Å². The van der Waals surface area contributed by atoms with Gasteiger partial charge in [0.05, 0.1) is 7.11 Å². The van der Waals surface area contributed by atoms with Gasteiger partial charge in [-0.15, -0.1) is 0 Å². The monoisotopic (exact) mass is 286 g/mol. The Bertz CT molecular complexity index is 542. The van der Waals surface area contributed by atoms with Gasteiger partial charge in [0.2, 0.25) is 0 Å². The molecule has 0 unspecified atom stereocenters. The van der Waals surface area contributed by atoms with Crippen LogP contribution in [0.2, 0.25) is 0 Å². The van der Waals surface area contributed by atoms with E-state index in [-0.39, 0.29) is 0 Å². The van der Waals surface area contributed by atoms with Crippen molar-refractivity contribution in [1.29, 1.82) is 0 Å². The molecule has 0 fully saturated rings. The van der Waals surface area contributed by atoms with Crippen LogP contribution in [0.1, 0.15) is 41.7 Å². The number of benzene rings is 2. The molecule has 0 bridgehead atoms. The summed E-state index contributed by atoms with van der Waals surface area (Å²) in [6, 6.07) is 12.6. The molecule has 0 spiro atoms. The summed E-state index contributed by atoms with van der Waals surface area (Å²) in [7, 11) is 1.70. The molecule has 1 heteroatoms. The van der Waals surface area contributed by atoms with Gasteiger partial charge in [0, 0.05) is 0 Å². The van der Waals surface area contributed by atoms with Crippen LogP contribution in [0.3, 0.4) is 0 Å². The van der Waals surface area contributed by atoms with Crippen LogP contribution in [0.15, 0.2) is 36.4 Å². The van der Waals surface area contributed by atoms with E-state index in [4.69, 9.17) is 4.74 Å². The molecule has 0 aliphatic carbocycles. The second-order valence-corrected chi connectivity index (χ2v) is 4.99. The Morgan fingerprint density at radius 2 is 1.33 bits per heavy atom. The first-order valence-electron chi connectivity index (χ1n) is 7.59.